The molecule has 0 saturated carbocycles. The van der Waals surface area contributed by atoms with Crippen LogP contribution in [0.2, 0.25) is 0 Å². The van der Waals surface area contributed by atoms with Crippen LogP contribution in [0.1, 0.15) is 48.3 Å². The molecule has 0 radical (unpaired) electrons. The number of aromatic nitrogens is 2. The Morgan fingerprint density at radius 2 is 1.95 bits per heavy atom. The van der Waals surface area contributed by atoms with E-state index in [0.717, 1.165) is 31.6 Å². The van der Waals surface area contributed by atoms with Crippen molar-refractivity contribution in [3.05, 3.63) is 17.5 Å². The van der Waals surface area contributed by atoms with E-state index >= 15 is 0 Å². The summed E-state index contributed by atoms with van der Waals surface area (Å²) in [5, 5.41) is 4.30. The molecule has 0 N–H and O–H groups in total. The van der Waals surface area contributed by atoms with Crippen LogP contribution in [0.5, 0.6) is 0 Å². The van der Waals surface area contributed by atoms with E-state index in [2.05, 4.69) is 12.0 Å². The van der Waals surface area contributed by atoms with Crippen LogP contribution >= 0.6 is 0 Å². The first-order valence-corrected chi connectivity index (χ1v) is 9.73. The number of likely N-dealkylation sites (tertiary alicyclic amines) is 1. The molecule has 3 heterocycles. The third kappa shape index (κ3) is 2.91. The molecular formula is C15H23N3O3S. The highest BCUT2D eigenvalue weighted by Gasteiger charge is 2.32. The molecule has 2 fully saturated rings. The lowest BCUT2D eigenvalue weighted by Crippen LogP contribution is -2.38. The minimum Gasteiger partial charge on any atom is -0.339 e. The van der Waals surface area contributed by atoms with Crippen molar-refractivity contribution < 1.29 is 13.2 Å². The standard InChI is InChI=1S/C15H23N3O3S/c1-11-3-6-17(7-4-11)15(19)14-9-16-18(12(14)2)13-5-8-22(20,21)10-13/h9,11,13H,3-8,10H2,1-2H3. The SMILES string of the molecule is Cc1c(C(=O)N2CCC(C)CC2)cnn1C1CCS(=O)(=O)C1. The van der Waals surface area contributed by atoms with Gasteiger partial charge in [-0.05, 0) is 32.1 Å². The second-order valence-corrected chi connectivity index (χ2v) is 8.85. The third-order valence-electron chi connectivity index (χ3n) is 4.90. The van der Waals surface area contributed by atoms with Crippen LogP contribution in [0, 0.1) is 12.8 Å². The zero-order valence-corrected chi connectivity index (χ0v) is 14.0. The van der Waals surface area contributed by atoms with Gasteiger partial charge in [0, 0.05) is 18.8 Å². The highest BCUT2D eigenvalue weighted by molar-refractivity contribution is 7.91. The summed E-state index contributed by atoms with van der Waals surface area (Å²) in [6, 6.07) is -0.132. The van der Waals surface area contributed by atoms with Crippen LogP contribution in [0.15, 0.2) is 6.20 Å². The van der Waals surface area contributed by atoms with Crippen molar-refractivity contribution in [1.82, 2.24) is 14.7 Å². The van der Waals surface area contributed by atoms with E-state index in [4.69, 9.17) is 0 Å². The Kier molecular flexibility index (Phi) is 4.01. The van der Waals surface area contributed by atoms with Crippen LogP contribution in [0.25, 0.3) is 0 Å². The maximum Gasteiger partial charge on any atom is 0.257 e. The second kappa shape index (κ2) is 5.68. The summed E-state index contributed by atoms with van der Waals surface area (Å²) >= 11 is 0. The van der Waals surface area contributed by atoms with Gasteiger partial charge in [-0.3, -0.25) is 9.48 Å². The molecule has 6 nitrogen and oxygen atoms in total. The minimum atomic E-state index is -2.95. The summed E-state index contributed by atoms with van der Waals surface area (Å²) < 4.78 is 25.0. The number of amides is 1. The molecule has 2 saturated heterocycles. The highest BCUT2D eigenvalue weighted by Crippen LogP contribution is 2.26. The molecule has 3 rings (SSSR count). The van der Waals surface area contributed by atoms with Crippen molar-refractivity contribution in [2.45, 2.75) is 39.2 Å². The summed E-state index contributed by atoms with van der Waals surface area (Å²) in [6.45, 7) is 5.66. The lowest BCUT2D eigenvalue weighted by molar-refractivity contribution is 0.0696. The van der Waals surface area contributed by atoms with Crippen molar-refractivity contribution in [2.24, 2.45) is 5.92 Å². The van der Waals surface area contributed by atoms with E-state index in [0.29, 0.717) is 17.9 Å². The third-order valence-corrected chi connectivity index (χ3v) is 6.65. The maximum absolute atomic E-state index is 12.6. The predicted molar refractivity (Wildman–Crippen MR) is 83.6 cm³/mol. The van der Waals surface area contributed by atoms with E-state index < -0.39 is 9.84 Å². The van der Waals surface area contributed by atoms with Gasteiger partial charge in [0.25, 0.3) is 5.91 Å². The van der Waals surface area contributed by atoms with Gasteiger partial charge < -0.3 is 4.90 Å². The largest absolute Gasteiger partial charge is 0.339 e. The first-order valence-electron chi connectivity index (χ1n) is 7.91. The lowest BCUT2D eigenvalue weighted by Gasteiger charge is -2.30. The van der Waals surface area contributed by atoms with Gasteiger partial charge in [0.2, 0.25) is 0 Å². The van der Waals surface area contributed by atoms with Gasteiger partial charge in [0.15, 0.2) is 9.84 Å². The van der Waals surface area contributed by atoms with Crippen molar-refractivity contribution >= 4 is 15.7 Å². The molecule has 2 aliphatic rings. The number of hydrogen-bond acceptors (Lipinski definition) is 4. The summed E-state index contributed by atoms with van der Waals surface area (Å²) in [7, 11) is -2.95. The number of carbonyl (C=O) groups is 1. The molecule has 2 aliphatic heterocycles. The van der Waals surface area contributed by atoms with E-state index in [1.807, 2.05) is 11.8 Å². The van der Waals surface area contributed by atoms with Gasteiger partial charge >= 0.3 is 0 Å². The molecule has 0 bridgehead atoms. The zero-order chi connectivity index (χ0) is 15.9. The summed E-state index contributed by atoms with van der Waals surface area (Å²) in [6.07, 6.45) is 4.26. The Hall–Kier alpha value is -1.37. The normalized spacial score (nSPS) is 25.5. The fraction of sp³-hybridized carbons (Fsp3) is 0.733. The van der Waals surface area contributed by atoms with Gasteiger partial charge in [-0.15, -0.1) is 0 Å². The van der Waals surface area contributed by atoms with Gasteiger partial charge in [-0.25, -0.2) is 8.42 Å². The van der Waals surface area contributed by atoms with Gasteiger partial charge in [0.05, 0.1) is 29.3 Å². The average molecular weight is 325 g/mol. The number of carbonyl (C=O) groups excluding carboxylic acids is 1. The predicted octanol–water partition coefficient (Wildman–Crippen LogP) is 1.42. The fourth-order valence-electron chi connectivity index (χ4n) is 3.35. The summed E-state index contributed by atoms with van der Waals surface area (Å²) in [5.41, 5.74) is 1.39. The Balaban J connectivity index is 1.77. The maximum atomic E-state index is 12.6. The minimum absolute atomic E-state index is 0.0245. The lowest BCUT2D eigenvalue weighted by atomic mass is 9.99. The number of hydrogen-bond donors (Lipinski definition) is 0. The van der Waals surface area contributed by atoms with Crippen molar-refractivity contribution in [1.29, 1.82) is 0 Å². The van der Waals surface area contributed by atoms with Crippen LogP contribution in [-0.2, 0) is 9.84 Å². The molecule has 7 heteroatoms. The molecule has 1 aromatic heterocycles. The number of nitrogens with zero attached hydrogens (tertiary/aromatic N) is 3. The van der Waals surface area contributed by atoms with Crippen molar-refractivity contribution in [3.8, 4) is 0 Å². The molecule has 1 atom stereocenters. The molecule has 1 aromatic rings. The smallest absolute Gasteiger partial charge is 0.257 e. The molecule has 1 amide bonds. The molecule has 122 valence electrons. The fourth-order valence-corrected chi connectivity index (χ4v) is 5.04. The monoisotopic (exact) mass is 325 g/mol. The van der Waals surface area contributed by atoms with Crippen LogP contribution < -0.4 is 0 Å². The Labute approximate surface area is 131 Å². The molecule has 0 spiro atoms. The average Bonchev–Trinajstić information content (AvgIpc) is 3.01. The highest BCUT2D eigenvalue weighted by atomic mass is 32.2. The molecule has 22 heavy (non-hydrogen) atoms. The Morgan fingerprint density at radius 1 is 1.27 bits per heavy atom. The van der Waals surface area contributed by atoms with E-state index in [1.165, 1.54) is 0 Å². The van der Waals surface area contributed by atoms with Crippen molar-refractivity contribution in [2.75, 3.05) is 24.6 Å². The van der Waals surface area contributed by atoms with E-state index in [-0.39, 0.29) is 23.5 Å². The molecule has 1 unspecified atom stereocenters. The van der Waals surface area contributed by atoms with Gasteiger partial charge in [0.1, 0.15) is 0 Å². The number of sulfone groups is 1. The van der Waals surface area contributed by atoms with E-state index in [1.54, 1.807) is 10.9 Å². The van der Waals surface area contributed by atoms with Crippen LogP contribution in [-0.4, -0.2) is 53.6 Å². The Bertz CT molecular complexity index is 672. The number of piperidine rings is 1. The quantitative estimate of drug-likeness (QED) is 0.824. The molecule has 0 aromatic carbocycles. The van der Waals surface area contributed by atoms with Crippen LogP contribution in [0.3, 0.4) is 0 Å². The molecule has 0 aliphatic carbocycles. The summed E-state index contributed by atoms with van der Waals surface area (Å²) in [4.78, 5) is 14.5. The first kappa shape index (κ1) is 15.5. The Morgan fingerprint density at radius 3 is 2.55 bits per heavy atom. The van der Waals surface area contributed by atoms with E-state index in [9.17, 15) is 13.2 Å². The van der Waals surface area contributed by atoms with Gasteiger partial charge in [-0.2, -0.15) is 5.10 Å². The van der Waals surface area contributed by atoms with Crippen molar-refractivity contribution in [3.63, 3.8) is 0 Å². The number of rotatable bonds is 2. The zero-order valence-electron chi connectivity index (χ0n) is 13.2. The second-order valence-electron chi connectivity index (χ2n) is 6.62. The summed E-state index contributed by atoms with van der Waals surface area (Å²) in [5.74, 6) is 1.04. The first-order chi connectivity index (χ1) is 10.4. The molecular weight excluding hydrogens is 302 g/mol. The van der Waals surface area contributed by atoms with Crippen LogP contribution in [0.4, 0.5) is 0 Å². The topological polar surface area (TPSA) is 72.3 Å². The van der Waals surface area contributed by atoms with Gasteiger partial charge in [-0.1, -0.05) is 6.92 Å².